The van der Waals surface area contributed by atoms with E-state index in [0.29, 0.717) is 6.54 Å². The summed E-state index contributed by atoms with van der Waals surface area (Å²) in [5, 5.41) is 0. The molecule has 1 unspecified atom stereocenters. The SMILES string of the molecule is CCc1ccccc1C(=O)N(C)C(C)CN.Cl. The molecular weight excluding hydrogens is 236 g/mol. The van der Waals surface area contributed by atoms with Gasteiger partial charge in [-0.3, -0.25) is 4.79 Å². The number of hydrogen-bond donors (Lipinski definition) is 1. The van der Waals surface area contributed by atoms with Crippen molar-refractivity contribution in [3.8, 4) is 0 Å². The highest BCUT2D eigenvalue weighted by molar-refractivity contribution is 5.95. The van der Waals surface area contributed by atoms with Gasteiger partial charge in [0.1, 0.15) is 0 Å². The number of nitrogens with zero attached hydrogens (tertiary/aromatic N) is 1. The van der Waals surface area contributed by atoms with Crippen molar-refractivity contribution >= 4 is 18.3 Å². The van der Waals surface area contributed by atoms with Crippen LogP contribution in [0.3, 0.4) is 0 Å². The van der Waals surface area contributed by atoms with E-state index in [1.54, 1.807) is 11.9 Å². The van der Waals surface area contributed by atoms with Gasteiger partial charge in [-0.15, -0.1) is 12.4 Å². The molecule has 96 valence electrons. The third-order valence-corrected chi connectivity index (χ3v) is 2.95. The van der Waals surface area contributed by atoms with Crippen LogP contribution in [0.2, 0.25) is 0 Å². The van der Waals surface area contributed by atoms with Crippen molar-refractivity contribution < 1.29 is 4.79 Å². The summed E-state index contributed by atoms with van der Waals surface area (Å²) in [4.78, 5) is 13.9. The highest BCUT2D eigenvalue weighted by Crippen LogP contribution is 2.12. The summed E-state index contributed by atoms with van der Waals surface area (Å²) in [7, 11) is 1.80. The number of benzene rings is 1. The van der Waals surface area contributed by atoms with Crippen LogP contribution in [0.5, 0.6) is 0 Å². The number of likely N-dealkylation sites (N-methyl/N-ethyl adjacent to an activating group) is 1. The Morgan fingerprint density at radius 1 is 1.41 bits per heavy atom. The Labute approximate surface area is 109 Å². The zero-order valence-corrected chi connectivity index (χ0v) is 11.5. The van der Waals surface area contributed by atoms with Crippen LogP contribution in [0.15, 0.2) is 24.3 Å². The molecule has 1 amide bonds. The number of amides is 1. The second kappa shape index (κ2) is 7.30. The molecule has 0 aromatic heterocycles. The maximum atomic E-state index is 12.2. The van der Waals surface area contributed by atoms with E-state index in [0.717, 1.165) is 17.5 Å². The number of halogens is 1. The Morgan fingerprint density at radius 3 is 2.53 bits per heavy atom. The molecule has 0 radical (unpaired) electrons. The molecular formula is C13H21ClN2O. The van der Waals surface area contributed by atoms with Crippen molar-refractivity contribution in [3.63, 3.8) is 0 Å². The van der Waals surface area contributed by atoms with Crippen molar-refractivity contribution in [2.24, 2.45) is 5.73 Å². The van der Waals surface area contributed by atoms with Gasteiger partial charge in [-0.05, 0) is 25.0 Å². The average molecular weight is 257 g/mol. The summed E-state index contributed by atoms with van der Waals surface area (Å²) in [5.41, 5.74) is 7.44. The van der Waals surface area contributed by atoms with Crippen LogP contribution in [0.1, 0.15) is 29.8 Å². The molecule has 0 bridgehead atoms. The van der Waals surface area contributed by atoms with E-state index in [2.05, 4.69) is 6.92 Å². The summed E-state index contributed by atoms with van der Waals surface area (Å²) >= 11 is 0. The van der Waals surface area contributed by atoms with E-state index in [1.807, 2.05) is 31.2 Å². The van der Waals surface area contributed by atoms with Gasteiger partial charge in [0.15, 0.2) is 0 Å². The topological polar surface area (TPSA) is 46.3 Å². The fourth-order valence-electron chi connectivity index (χ4n) is 1.59. The molecule has 0 fully saturated rings. The van der Waals surface area contributed by atoms with Gasteiger partial charge in [0.25, 0.3) is 5.91 Å². The molecule has 4 heteroatoms. The minimum atomic E-state index is 0. The average Bonchev–Trinajstić information content (AvgIpc) is 2.35. The first-order chi connectivity index (χ1) is 7.61. The van der Waals surface area contributed by atoms with E-state index in [4.69, 9.17) is 5.73 Å². The van der Waals surface area contributed by atoms with E-state index in [1.165, 1.54) is 0 Å². The number of carbonyl (C=O) groups is 1. The highest BCUT2D eigenvalue weighted by Gasteiger charge is 2.18. The molecule has 1 rings (SSSR count). The Bertz CT molecular complexity index is 368. The van der Waals surface area contributed by atoms with E-state index < -0.39 is 0 Å². The predicted octanol–water partition coefficient (Wildman–Crippen LogP) is 2.09. The van der Waals surface area contributed by atoms with Crippen molar-refractivity contribution in [2.45, 2.75) is 26.3 Å². The summed E-state index contributed by atoms with van der Waals surface area (Å²) in [6.07, 6.45) is 0.868. The molecule has 2 N–H and O–H groups in total. The molecule has 0 spiro atoms. The second-order valence-corrected chi connectivity index (χ2v) is 4.01. The number of nitrogens with two attached hydrogens (primary N) is 1. The van der Waals surface area contributed by atoms with Crippen LogP contribution in [0, 0.1) is 0 Å². The molecule has 3 nitrogen and oxygen atoms in total. The highest BCUT2D eigenvalue weighted by atomic mass is 35.5. The first-order valence-electron chi connectivity index (χ1n) is 5.67. The van der Waals surface area contributed by atoms with E-state index in [9.17, 15) is 4.79 Å². The third kappa shape index (κ3) is 3.72. The van der Waals surface area contributed by atoms with Crippen LogP contribution in [-0.4, -0.2) is 30.4 Å². The van der Waals surface area contributed by atoms with Crippen LogP contribution >= 0.6 is 12.4 Å². The predicted molar refractivity (Wildman–Crippen MR) is 73.7 cm³/mol. The lowest BCUT2D eigenvalue weighted by Crippen LogP contribution is -2.40. The summed E-state index contributed by atoms with van der Waals surface area (Å²) in [5.74, 6) is 0.0513. The maximum absolute atomic E-state index is 12.2. The molecule has 0 heterocycles. The molecule has 1 atom stereocenters. The fraction of sp³-hybridized carbons (Fsp3) is 0.462. The zero-order valence-electron chi connectivity index (χ0n) is 10.6. The summed E-state index contributed by atoms with van der Waals surface area (Å²) < 4.78 is 0. The molecule has 0 aliphatic rings. The molecule has 0 aliphatic heterocycles. The maximum Gasteiger partial charge on any atom is 0.254 e. The van der Waals surface area contributed by atoms with E-state index >= 15 is 0 Å². The standard InChI is InChI=1S/C13H20N2O.ClH/c1-4-11-7-5-6-8-12(11)13(16)15(3)10(2)9-14;/h5-8,10H,4,9,14H2,1-3H3;1H. The Balaban J connectivity index is 0.00000256. The van der Waals surface area contributed by atoms with Gasteiger partial charge >= 0.3 is 0 Å². The van der Waals surface area contributed by atoms with Crippen LogP contribution in [0.25, 0.3) is 0 Å². The quantitative estimate of drug-likeness (QED) is 0.897. The Kier molecular flexibility index (Phi) is 6.85. The lowest BCUT2D eigenvalue weighted by atomic mass is 10.0. The molecule has 1 aromatic carbocycles. The second-order valence-electron chi connectivity index (χ2n) is 4.01. The lowest BCUT2D eigenvalue weighted by molar-refractivity contribution is 0.0747. The first-order valence-corrected chi connectivity index (χ1v) is 5.67. The van der Waals surface area contributed by atoms with Crippen molar-refractivity contribution in [1.82, 2.24) is 4.90 Å². The van der Waals surface area contributed by atoms with Gasteiger partial charge in [-0.2, -0.15) is 0 Å². The summed E-state index contributed by atoms with van der Waals surface area (Å²) in [6, 6.07) is 7.79. The Hall–Kier alpha value is -1.06. The monoisotopic (exact) mass is 256 g/mol. The lowest BCUT2D eigenvalue weighted by Gasteiger charge is -2.24. The zero-order chi connectivity index (χ0) is 12.1. The number of aryl methyl sites for hydroxylation is 1. The van der Waals surface area contributed by atoms with Crippen molar-refractivity contribution in [3.05, 3.63) is 35.4 Å². The minimum absolute atomic E-state index is 0. The van der Waals surface area contributed by atoms with Crippen LogP contribution in [0.4, 0.5) is 0 Å². The van der Waals surface area contributed by atoms with Gasteiger partial charge in [-0.25, -0.2) is 0 Å². The molecule has 0 saturated carbocycles. The van der Waals surface area contributed by atoms with Gasteiger partial charge in [0.05, 0.1) is 0 Å². The van der Waals surface area contributed by atoms with E-state index in [-0.39, 0.29) is 24.4 Å². The summed E-state index contributed by atoms with van der Waals surface area (Å²) in [6.45, 7) is 4.49. The van der Waals surface area contributed by atoms with Gasteiger partial charge < -0.3 is 10.6 Å². The molecule has 0 aliphatic carbocycles. The van der Waals surface area contributed by atoms with Crippen molar-refractivity contribution in [1.29, 1.82) is 0 Å². The molecule has 0 saturated heterocycles. The largest absolute Gasteiger partial charge is 0.338 e. The molecule has 17 heavy (non-hydrogen) atoms. The van der Waals surface area contributed by atoms with Gasteiger partial charge in [0.2, 0.25) is 0 Å². The minimum Gasteiger partial charge on any atom is -0.338 e. The third-order valence-electron chi connectivity index (χ3n) is 2.95. The van der Waals surface area contributed by atoms with Gasteiger partial charge in [-0.1, -0.05) is 25.1 Å². The Morgan fingerprint density at radius 2 is 2.00 bits per heavy atom. The number of rotatable bonds is 4. The number of hydrogen-bond acceptors (Lipinski definition) is 2. The first kappa shape index (κ1) is 15.9. The van der Waals surface area contributed by atoms with Crippen LogP contribution in [-0.2, 0) is 6.42 Å². The normalized spacial score (nSPS) is 11.5. The van der Waals surface area contributed by atoms with Crippen molar-refractivity contribution in [2.75, 3.05) is 13.6 Å². The fourth-order valence-corrected chi connectivity index (χ4v) is 1.59. The number of carbonyl (C=O) groups excluding carboxylic acids is 1. The molecule has 1 aromatic rings. The van der Waals surface area contributed by atoms with Crippen LogP contribution < -0.4 is 5.73 Å². The smallest absolute Gasteiger partial charge is 0.254 e. The van der Waals surface area contributed by atoms with Gasteiger partial charge in [0, 0.05) is 25.2 Å².